The van der Waals surface area contributed by atoms with Crippen LogP contribution in [0.2, 0.25) is 0 Å². The predicted octanol–water partition coefficient (Wildman–Crippen LogP) is 4.14. The van der Waals surface area contributed by atoms with Crippen molar-refractivity contribution in [3.8, 4) is 0 Å². The Morgan fingerprint density at radius 2 is 1.41 bits per heavy atom. The van der Waals surface area contributed by atoms with Gasteiger partial charge in [-0.2, -0.15) is 0 Å². The van der Waals surface area contributed by atoms with Crippen molar-refractivity contribution in [2.24, 2.45) is 0 Å². The van der Waals surface area contributed by atoms with E-state index in [-0.39, 0.29) is 5.78 Å². The van der Waals surface area contributed by atoms with Gasteiger partial charge in [-0.15, -0.1) is 0 Å². The van der Waals surface area contributed by atoms with Crippen molar-refractivity contribution in [1.82, 2.24) is 0 Å². The Morgan fingerprint density at radius 3 is 1.86 bits per heavy atom. The van der Waals surface area contributed by atoms with Gasteiger partial charge in [-0.05, 0) is 23.1 Å². The van der Waals surface area contributed by atoms with Crippen molar-refractivity contribution in [3.05, 3.63) is 76.9 Å². The van der Waals surface area contributed by atoms with Crippen molar-refractivity contribution >= 4 is 17.8 Å². The summed E-state index contributed by atoms with van der Waals surface area (Å²) in [6, 6.07) is 14.5. The zero-order valence-corrected chi connectivity index (χ0v) is 12.6. The van der Waals surface area contributed by atoms with Crippen LogP contribution in [0.5, 0.6) is 0 Å². The van der Waals surface area contributed by atoms with Gasteiger partial charge in [0.1, 0.15) is 0 Å². The molecule has 0 spiro atoms. The molecular weight excluding hydrogens is 276 g/mol. The Bertz CT molecular complexity index is 692. The van der Waals surface area contributed by atoms with Crippen molar-refractivity contribution in [1.29, 1.82) is 0 Å². The van der Waals surface area contributed by atoms with Gasteiger partial charge in [0.25, 0.3) is 0 Å². The first kappa shape index (κ1) is 15.7. The highest BCUT2D eigenvalue weighted by atomic mass is 16.4. The van der Waals surface area contributed by atoms with Crippen LogP contribution in [0.15, 0.2) is 54.6 Å². The lowest BCUT2D eigenvalue weighted by molar-refractivity contribution is -0.131. The van der Waals surface area contributed by atoms with Gasteiger partial charge in [-0.25, -0.2) is 4.79 Å². The van der Waals surface area contributed by atoms with E-state index in [0.29, 0.717) is 17.0 Å². The largest absolute Gasteiger partial charge is 0.478 e. The monoisotopic (exact) mass is 294 g/mol. The fourth-order valence-corrected chi connectivity index (χ4v) is 2.10. The van der Waals surface area contributed by atoms with Gasteiger partial charge in [0.05, 0.1) is 0 Å². The molecule has 0 unspecified atom stereocenters. The molecule has 0 aliphatic heterocycles. The number of hydrogen-bond donors (Lipinski definition) is 1. The Balaban J connectivity index is 2.17. The summed E-state index contributed by atoms with van der Waals surface area (Å²) in [5.41, 5.74) is 3.18. The average Bonchev–Trinajstić information content (AvgIpc) is 2.53. The van der Waals surface area contributed by atoms with E-state index in [1.54, 1.807) is 24.3 Å². The molecule has 0 bridgehead atoms. The highest BCUT2D eigenvalue weighted by Gasteiger charge is 2.09. The first-order chi connectivity index (χ1) is 10.5. The molecule has 3 heteroatoms. The van der Waals surface area contributed by atoms with Crippen molar-refractivity contribution < 1.29 is 14.7 Å². The summed E-state index contributed by atoms with van der Waals surface area (Å²) in [4.78, 5) is 22.9. The van der Waals surface area contributed by atoms with Crippen LogP contribution in [-0.2, 0) is 4.79 Å². The molecular formula is C19H18O3. The zero-order chi connectivity index (χ0) is 16.1. The number of carboxylic acids is 1. The van der Waals surface area contributed by atoms with Crippen LogP contribution in [-0.4, -0.2) is 16.9 Å². The summed E-state index contributed by atoms with van der Waals surface area (Å²) in [7, 11) is 0. The molecule has 0 saturated heterocycles. The summed E-state index contributed by atoms with van der Waals surface area (Å²) in [6.45, 7) is 4.22. The van der Waals surface area contributed by atoms with Crippen molar-refractivity contribution in [3.63, 3.8) is 0 Å². The van der Waals surface area contributed by atoms with E-state index in [1.165, 1.54) is 11.6 Å². The Hall–Kier alpha value is -2.68. The summed E-state index contributed by atoms with van der Waals surface area (Å²) >= 11 is 0. The third-order valence-electron chi connectivity index (χ3n) is 3.43. The van der Waals surface area contributed by atoms with E-state index in [9.17, 15) is 9.59 Å². The number of aliphatic carboxylic acids is 1. The van der Waals surface area contributed by atoms with Crippen molar-refractivity contribution in [2.45, 2.75) is 19.8 Å². The predicted molar refractivity (Wildman–Crippen MR) is 87.1 cm³/mol. The van der Waals surface area contributed by atoms with Crippen molar-refractivity contribution in [2.75, 3.05) is 0 Å². The summed E-state index contributed by atoms with van der Waals surface area (Å²) in [5.74, 6) is -0.598. The second-order valence-electron chi connectivity index (χ2n) is 5.40. The van der Waals surface area contributed by atoms with E-state index in [2.05, 4.69) is 13.8 Å². The maximum atomic E-state index is 12.4. The van der Waals surface area contributed by atoms with Gasteiger partial charge in [0, 0.05) is 17.2 Å². The minimum absolute atomic E-state index is 0.0379. The van der Waals surface area contributed by atoms with E-state index in [1.807, 2.05) is 24.3 Å². The second-order valence-corrected chi connectivity index (χ2v) is 5.40. The summed E-state index contributed by atoms with van der Waals surface area (Å²) in [6.07, 6.45) is 2.56. The van der Waals surface area contributed by atoms with Gasteiger partial charge in [-0.1, -0.05) is 62.4 Å². The topological polar surface area (TPSA) is 54.4 Å². The molecule has 112 valence electrons. The Morgan fingerprint density at radius 1 is 0.909 bits per heavy atom. The number of carboxylic acid groups (broad SMARTS) is 1. The molecule has 22 heavy (non-hydrogen) atoms. The molecule has 0 radical (unpaired) electrons. The molecule has 0 aromatic heterocycles. The van der Waals surface area contributed by atoms with Gasteiger partial charge >= 0.3 is 5.97 Å². The van der Waals surface area contributed by atoms with Gasteiger partial charge in [0.15, 0.2) is 5.78 Å². The number of benzene rings is 2. The fourth-order valence-electron chi connectivity index (χ4n) is 2.10. The molecule has 0 fully saturated rings. The van der Waals surface area contributed by atoms with E-state index in [0.717, 1.165) is 11.6 Å². The van der Waals surface area contributed by atoms with Gasteiger partial charge < -0.3 is 5.11 Å². The first-order valence-electron chi connectivity index (χ1n) is 7.13. The maximum Gasteiger partial charge on any atom is 0.328 e. The molecule has 0 heterocycles. The van der Waals surface area contributed by atoms with Crippen LogP contribution >= 0.6 is 0 Å². The van der Waals surface area contributed by atoms with Gasteiger partial charge in [0.2, 0.25) is 0 Å². The minimum atomic E-state index is -0.995. The van der Waals surface area contributed by atoms with Crippen LogP contribution in [0.3, 0.4) is 0 Å². The van der Waals surface area contributed by atoms with Crippen LogP contribution in [0, 0.1) is 0 Å². The lowest BCUT2D eigenvalue weighted by Crippen LogP contribution is -2.01. The molecule has 0 atom stereocenters. The molecule has 0 saturated carbocycles. The van der Waals surface area contributed by atoms with E-state index in [4.69, 9.17) is 5.11 Å². The quantitative estimate of drug-likeness (QED) is 0.666. The average molecular weight is 294 g/mol. The molecule has 0 aliphatic rings. The summed E-state index contributed by atoms with van der Waals surface area (Å²) < 4.78 is 0. The molecule has 3 nitrogen and oxygen atoms in total. The second kappa shape index (κ2) is 6.85. The zero-order valence-electron chi connectivity index (χ0n) is 12.6. The lowest BCUT2D eigenvalue weighted by Gasteiger charge is -2.06. The normalized spacial score (nSPS) is 11.0. The Labute approximate surface area is 129 Å². The SMILES string of the molecule is CC(C)c1ccc(C(=O)c2ccc(/C=C/C(=O)O)cc2)cc1. The van der Waals surface area contributed by atoms with Gasteiger partial charge in [-0.3, -0.25) is 4.79 Å². The molecule has 2 rings (SSSR count). The standard InChI is InChI=1S/C19H18O3/c1-13(2)15-8-10-17(11-9-15)19(22)16-6-3-14(4-7-16)5-12-18(20)21/h3-13H,1-2H3,(H,20,21)/b12-5+. The van der Waals surface area contributed by atoms with Crippen LogP contribution in [0.1, 0.15) is 46.8 Å². The van der Waals surface area contributed by atoms with Crippen LogP contribution in [0.25, 0.3) is 6.08 Å². The van der Waals surface area contributed by atoms with Crippen LogP contribution in [0.4, 0.5) is 0 Å². The van der Waals surface area contributed by atoms with Crippen LogP contribution < -0.4 is 0 Å². The lowest BCUT2D eigenvalue weighted by atomic mass is 9.97. The number of hydrogen-bond acceptors (Lipinski definition) is 2. The number of carbonyl (C=O) groups is 2. The Kier molecular flexibility index (Phi) is 4.89. The first-order valence-corrected chi connectivity index (χ1v) is 7.13. The number of rotatable bonds is 5. The van der Waals surface area contributed by atoms with E-state index < -0.39 is 5.97 Å². The smallest absolute Gasteiger partial charge is 0.328 e. The summed E-state index contributed by atoms with van der Waals surface area (Å²) in [5, 5.41) is 8.59. The third-order valence-corrected chi connectivity index (χ3v) is 3.43. The molecule has 0 amide bonds. The fraction of sp³-hybridized carbons (Fsp3) is 0.158. The minimum Gasteiger partial charge on any atom is -0.478 e. The maximum absolute atomic E-state index is 12.4. The highest BCUT2D eigenvalue weighted by Crippen LogP contribution is 2.17. The molecule has 0 aliphatic carbocycles. The highest BCUT2D eigenvalue weighted by molar-refractivity contribution is 6.09. The number of carbonyl (C=O) groups excluding carboxylic acids is 1. The molecule has 1 N–H and O–H groups in total. The van der Waals surface area contributed by atoms with E-state index >= 15 is 0 Å². The third kappa shape index (κ3) is 3.92. The number of ketones is 1. The molecule has 2 aromatic rings. The molecule has 2 aromatic carbocycles.